The molecular weight excluding hydrogens is 292 g/mol. The van der Waals surface area contributed by atoms with Gasteiger partial charge in [0.2, 0.25) is 5.91 Å². The van der Waals surface area contributed by atoms with E-state index in [1.807, 2.05) is 44.7 Å². The van der Waals surface area contributed by atoms with E-state index in [4.69, 9.17) is 0 Å². The highest BCUT2D eigenvalue weighted by atomic mass is 16.2. The standard InChI is InChI=1S/C17H34N4O2/c1-12(2)14(20(6)7)15(22)18-13-8-10-21(11-9-13)16(23)19-17(3,4)5/h12-14H,8-11H2,1-7H3,(H,18,22)(H,19,23)/t14-/m1/s1. The van der Waals surface area contributed by atoms with E-state index in [1.54, 1.807) is 0 Å². The van der Waals surface area contributed by atoms with Crippen molar-refractivity contribution in [3.8, 4) is 0 Å². The normalized spacial score (nSPS) is 18.2. The maximum absolute atomic E-state index is 12.5. The molecule has 1 atom stereocenters. The Morgan fingerprint density at radius 1 is 1.13 bits per heavy atom. The molecule has 2 N–H and O–H groups in total. The Labute approximate surface area is 141 Å². The van der Waals surface area contributed by atoms with Crippen LogP contribution in [0.25, 0.3) is 0 Å². The minimum atomic E-state index is -0.224. The van der Waals surface area contributed by atoms with Gasteiger partial charge >= 0.3 is 6.03 Å². The van der Waals surface area contributed by atoms with Crippen LogP contribution in [0.1, 0.15) is 47.5 Å². The van der Waals surface area contributed by atoms with Crippen molar-refractivity contribution in [2.24, 2.45) is 5.92 Å². The summed E-state index contributed by atoms with van der Waals surface area (Å²) in [6.07, 6.45) is 1.61. The number of carbonyl (C=O) groups excluding carboxylic acids is 2. The summed E-state index contributed by atoms with van der Waals surface area (Å²) < 4.78 is 0. The molecule has 1 fully saturated rings. The molecule has 134 valence electrons. The Balaban J connectivity index is 2.47. The minimum absolute atomic E-state index is 0.0179. The summed E-state index contributed by atoms with van der Waals surface area (Å²) in [5.41, 5.74) is -0.224. The van der Waals surface area contributed by atoms with Crippen LogP contribution in [0.5, 0.6) is 0 Å². The van der Waals surface area contributed by atoms with Crippen molar-refractivity contribution < 1.29 is 9.59 Å². The monoisotopic (exact) mass is 326 g/mol. The second kappa shape index (κ2) is 7.99. The Morgan fingerprint density at radius 3 is 2.04 bits per heavy atom. The van der Waals surface area contributed by atoms with Crippen LogP contribution in [0, 0.1) is 5.92 Å². The van der Waals surface area contributed by atoms with E-state index in [-0.39, 0.29) is 35.5 Å². The number of nitrogens with one attached hydrogen (secondary N) is 2. The van der Waals surface area contributed by atoms with Crippen LogP contribution in [0.2, 0.25) is 0 Å². The summed E-state index contributed by atoms with van der Waals surface area (Å²) in [5.74, 6) is 0.352. The number of nitrogens with zero attached hydrogens (tertiary/aromatic N) is 2. The van der Waals surface area contributed by atoms with E-state index >= 15 is 0 Å². The van der Waals surface area contributed by atoms with Gasteiger partial charge in [-0.15, -0.1) is 0 Å². The molecule has 3 amide bonds. The first kappa shape index (κ1) is 19.7. The van der Waals surface area contributed by atoms with Gasteiger partial charge < -0.3 is 15.5 Å². The molecule has 0 spiro atoms. The molecule has 1 saturated heterocycles. The summed E-state index contributed by atoms with van der Waals surface area (Å²) in [7, 11) is 3.87. The summed E-state index contributed by atoms with van der Waals surface area (Å²) >= 11 is 0. The number of hydrogen-bond acceptors (Lipinski definition) is 3. The maximum Gasteiger partial charge on any atom is 0.317 e. The van der Waals surface area contributed by atoms with Gasteiger partial charge in [0.05, 0.1) is 6.04 Å². The summed E-state index contributed by atoms with van der Waals surface area (Å²) in [6, 6.07) is 0.0234. The SMILES string of the molecule is CC(C)[C@H](C(=O)NC1CCN(C(=O)NC(C)(C)C)CC1)N(C)C. The van der Waals surface area contributed by atoms with Gasteiger partial charge in [-0.25, -0.2) is 4.79 Å². The van der Waals surface area contributed by atoms with Crippen molar-refractivity contribution in [3.63, 3.8) is 0 Å². The highest BCUT2D eigenvalue weighted by molar-refractivity contribution is 5.82. The molecule has 0 radical (unpaired) electrons. The van der Waals surface area contributed by atoms with Gasteiger partial charge in [-0.05, 0) is 53.6 Å². The van der Waals surface area contributed by atoms with Crippen LogP contribution < -0.4 is 10.6 Å². The van der Waals surface area contributed by atoms with Crippen molar-refractivity contribution in [1.29, 1.82) is 0 Å². The third-order valence-electron chi connectivity index (χ3n) is 4.07. The van der Waals surface area contributed by atoms with Crippen molar-refractivity contribution in [3.05, 3.63) is 0 Å². The topological polar surface area (TPSA) is 64.7 Å². The van der Waals surface area contributed by atoms with E-state index in [1.165, 1.54) is 0 Å². The van der Waals surface area contributed by atoms with E-state index in [0.29, 0.717) is 13.1 Å². The number of carbonyl (C=O) groups is 2. The minimum Gasteiger partial charge on any atom is -0.352 e. The molecule has 0 unspecified atom stereocenters. The number of likely N-dealkylation sites (N-methyl/N-ethyl adjacent to an activating group) is 1. The maximum atomic E-state index is 12.5. The fourth-order valence-corrected chi connectivity index (χ4v) is 3.05. The van der Waals surface area contributed by atoms with Crippen molar-refractivity contribution >= 4 is 11.9 Å². The van der Waals surface area contributed by atoms with Crippen LogP contribution in [0.15, 0.2) is 0 Å². The molecular formula is C17H34N4O2. The molecule has 0 aromatic heterocycles. The molecule has 0 bridgehead atoms. The number of urea groups is 1. The molecule has 23 heavy (non-hydrogen) atoms. The molecule has 6 heteroatoms. The Hall–Kier alpha value is -1.30. The van der Waals surface area contributed by atoms with Crippen molar-refractivity contribution in [2.45, 2.75) is 65.1 Å². The van der Waals surface area contributed by atoms with Gasteiger partial charge in [0, 0.05) is 24.7 Å². The van der Waals surface area contributed by atoms with Gasteiger partial charge in [0.25, 0.3) is 0 Å². The summed E-state index contributed by atoms with van der Waals surface area (Å²) in [4.78, 5) is 28.4. The molecule has 0 aliphatic carbocycles. The second-order valence-electron chi connectivity index (χ2n) is 8.10. The third kappa shape index (κ3) is 6.37. The first-order chi connectivity index (χ1) is 10.5. The van der Waals surface area contributed by atoms with Gasteiger partial charge in [-0.3, -0.25) is 9.69 Å². The molecule has 0 saturated carbocycles. The zero-order chi connectivity index (χ0) is 17.8. The molecule has 1 rings (SSSR count). The predicted molar refractivity (Wildman–Crippen MR) is 93.3 cm³/mol. The largest absolute Gasteiger partial charge is 0.352 e. The first-order valence-electron chi connectivity index (χ1n) is 8.55. The molecule has 0 aromatic rings. The summed E-state index contributed by atoms with van der Waals surface area (Å²) in [6.45, 7) is 11.4. The average Bonchev–Trinajstić information content (AvgIpc) is 2.36. The number of hydrogen-bond donors (Lipinski definition) is 2. The van der Waals surface area contributed by atoms with Crippen molar-refractivity contribution in [2.75, 3.05) is 27.2 Å². The Morgan fingerprint density at radius 2 is 1.65 bits per heavy atom. The predicted octanol–water partition coefficient (Wildman–Crippen LogP) is 1.66. The highest BCUT2D eigenvalue weighted by Crippen LogP contribution is 2.14. The van der Waals surface area contributed by atoms with Gasteiger partial charge in [0.15, 0.2) is 0 Å². The van der Waals surface area contributed by atoms with E-state index in [0.717, 1.165) is 12.8 Å². The van der Waals surface area contributed by atoms with Crippen LogP contribution in [0.4, 0.5) is 4.79 Å². The zero-order valence-corrected chi connectivity index (χ0v) is 15.8. The Bertz CT molecular complexity index is 399. The summed E-state index contributed by atoms with van der Waals surface area (Å²) in [5, 5.41) is 6.14. The smallest absolute Gasteiger partial charge is 0.317 e. The lowest BCUT2D eigenvalue weighted by molar-refractivity contribution is -0.127. The van der Waals surface area contributed by atoms with Crippen LogP contribution >= 0.6 is 0 Å². The fraction of sp³-hybridized carbons (Fsp3) is 0.882. The number of rotatable bonds is 4. The second-order valence-corrected chi connectivity index (χ2v) is 8.10. The number of piperidine rings is 1. The quantitative estimate of drug-likeness (QED) is 0.826. The Kier molecular flexibility index (Phi) is 6.86. The number of amides is 3. The third-order valence-corrected chi connectivity index (χ3v) is 4.07. The zero-order valence-electron chi connectivity index (χ0n) is 15.8. The van der Waals surface area contributed by atoms with Crippen LogP contribution in [0.3, 0.4) is 0 Å². The fourth-order valence-electron chi connectivity index (χ4n) is 3.05. The number of likely N-dealkylation sites (tertiary alicyclic amines) is 1. The van der Waals surface area contributed by atoms with E-state index in [9.17, 15) is 9.59 Å². The van der Waals surface area contributed by atoms with Gasteiger partial charge in [-0.1, -0.05) is 13.8 Å². The van der Waals surface area contributed by atoms with Gasteiger partial charge in [0.1, 0.15) is 0 Å². The molecule has 0 aromatic carbocycles. The van der Waals surface area contributed by atoms with Crippen molar-refractivity contribution in [1.82, 2.24) is 20.4 Å². The van der Waals surface area contributed by atoms with E-state index < -0.39 is 0 Å². The molecule has 1 aliphatic heterocycles. The lowest BCUT2D eigenvalue weighted by atomic mass is 10.00. The lowest BCUT2D eigenvalue weighted by Gasteiger charge is -2.36. The van der Waals surface area contributed by atoms with Crippen LogP contribution in [-0.4, -0.2) is 66.5 Å². The molecule has 1 heterocycles. The molecule has 6 nitrogen and oxygen atoms in total. The van der Waals surface area contributed by atoms with Crippen LogP contribution in [-0.2, 0) is 4.79 Å². The molecule has 1 aliphatic rings. The van der Waals surface area contributed by atoms with Gasteiger partial charge in [-0.2, -0.15) is 0 Å². The average molecular weight is 326 g/mol. The lowest BCUT2D eigenvalue weighted by Crippen LogP contribution is -2.55. The highest BCUT2D eigenvalue weighted by Gasteiger charge is 2.29. The first-order valence-corrected chi connectivity index (χ1v) is 8.55. The van der Waals surface area contributed by atoms with E-state index in [2.05, 4.69) is 24.5 Å².